The van der Waals surface area contributed by atoms with Crippen LogP contribution in [0.15, 0.2) is 0 Å². The van der Waals surface area contributed by atoms with Crippen LogP contribution in [-0.4, -0.2) is 22.4 Å². The van der Waals surface area contributed by atoms with Gasteiger partial charge in [-0.05, 0) is 83.1 Å². The van der Waals surface area contributed by atoms with E-state index < -0.39 is 38.0 Å². The SMILES string of the molecule is CC(C)(C)OP(=O)([O-])OC(C)(C)C.CC(C)(C)OP(=O)([O-])OC(C)(C)C.[Cu+2]. The van der Waals surface area contributed by atoms with E-state index in [1.807, 2.05) is 0 Å². The molecule has 0 aromatic carbocycles. The van der Waals surface area contributed by atoms with Gasteiger partial charge >= 0.3 is 17.1 Å². The van der Waals surface area contributed by atoms with Crippen molar-refractivity contribution in [2.75, 3.05) is 0 Å². The number of phosphoric ester groups is 2. The van der Waals surface area contributed by atoms with Crippen molar-refractivity contribution in [3.05, 3.63) is 0 Å². The Kier molecular flexibility index (Phi) is 12.8. The first-order valence-corrected chi connectivity index (χ1v) is 11.2. The van der Waals surface area contributed by atoms with Crippen molar-refractivity contribution in [1.29, 1.82) is 0 Å². The molecule has 0 bridgehead atoms. The Labute approximate surface area is 175 Å². The van der Waals surface area contributed by atoms with Crippen LogP contribution >= 0.6 is 15.6 Å². The summed E-state index contributed by atoms with van der Waals surface area (Å²) in [5, 5.41) is 0. The van der Waals surface area contributed by atoms with Crippen LogP contribution in [0, 0.1) is 0 Å². The van der Waals surface area contributed by atoms with Crippen LogP contribution in [-0.2, 0) is 44.3 Å². The first kappa shape index (κ1) is 32.4. The smallest absolute Gasteiger partial charge is 0.756 e. The molecular formula is C16H36CuO8P2. The molecule has 1 radical (unpaired) electrons. The molecule has 11 heteroatoms. The maximum absolute atomic E-state index is 11.2. The monoisotopic (exact) mass is 481 g/mol. The summed E-state index contributed by atoms with van der Waals surface area (Å²) in [5.41, 5.74) is -2.99. The van der Waals surface area contributed by atoms with Crippen molar-refractivity contribution in [2.24, 2.45) is 0 Å². The first-order chi connectivity index (χ1) is 10.8. The third kappa shape index (κ3) is 26.7. The van der Waals surface area contributed by atoms with E-state index in [1.165, 1.54) is 0 Å². The summed E-state index contributed by atoms with van der Waals surface area (Å²) in [6, 6.07) is 0. The molecule has 0 aliphatic rings. The molecule has 0 aliphatic carbocycles. The summed E-state index contributed by atoms with van der Waals surface area (Å²) in [6.45, 7) is 19.9. The van der Waals surface area contributed by atoms with Crippen molar-refractivity contribution >= 4 is 15.6 Å². The Bertz CT molecular complexity index is 436. The molecule has 0 N–H and O–H groups in total. The Morgan fingerprint density at radius 2 is 0.593 bits per heavy atom. The van der Waals surface area contributed by atoms with E-state index in [4.69, 9.17) is 18.1 Å². The molecule has 0 aromatic rings. The molecular weight excluding hydrogens is 446 g/mol. The predicted molar refractivity (Wildman–Crippen MR) is 98.6 cm³/mol. The van der Waals surface area contributed by atoms with Gasteiger partial charge in [-0.25, -0.2) is 0 Å². The van der Waals surface area contributed by atoms with Crippen molar-refractivity contribution in [2.45, 2.75) is 105 Å². The normalized spacial score (nSPS) is 14.1. The molecule has 8 nitrogen and oxygen atoms in total. The van der Waals surface area contributed by atoms with Gasteiger partial charge in [0.25, 0.3) is 15.6 Å². The molecule has 169 valence electrons. The molecule has 0 rings (SSSR count). The Morgan fingerprint density at radius 3 is 0.667 bits per heavy atom. The van der Waals surface area contributed by atoms with E-state index in [9.17, 15) is 18.9 Å². The summed E-state index contributed by atoms with van der Waals surface area (Å²) < 4.78 is 41.6. The van der Waals surface area contributed by atoms with Crippen LogP contribution < -0.4 is 9.79 Å². The van der Waals surface area contributed by atoms with Crippen LogP contribution in [0.4, 0.5) is 0 Å². The van der Waals surface area contributed by atoms with E-state index in [0.29, 0.717) is 0 Å². The van der Waals surface area contributed by atoms with Gasteiger partial charge in [0.15, 0.2) is 0 Å². The molecule has 0 fully saturated rings. The summed E-state index contributed by atoms with van der Waals surface area (Å²) in [4.78, 5) is 22.5. The van der Waals surface area contributed by atoms with Gasteiger partial charge < -0.3 is 27.9 Å². The van der Waals surface area contributed by atoms with E-state index in [1.54, 1.807) is 83.1 Å². The number of hydrogen-bond donors (Lipinski definition) is 0. The fourth-order valence-electron chi connectivity index (χ4n) is 1.38. The van der Waals surface area contributed by atoms with E-state index in [0.717, 1.165) is 0 Å². The van der Waals surface area contributed by atoms with Gasteiger partial charge in [-0.15, -0.1) is 0 Å². The average molecular weight is 482 g/mol. The van der Waals surface area contributed by atoms with Gasteiger partial charge in [0, 0.05) is 0 Å². The van der Waals surface area contributed by atoms with Crippen LogP contribution in [0.5, 0.6) is 0 Å². The number of rotatable bonds is 4. The second-order valence-corrected chi connectivity index (χ2v) is 12.2. The van der Waals surface area contributed by atoms with Crippen molar-refractivity contribution in [3.63, 3.8) is 0 Å². The Hall–Kier alpha value is 0.739. The molecule has 0 unspecified atom stereocenters. The number of hydrogen-bond acceptors (Lipinski definition) is 8. The summed E-state index contributed by atoms with van der Waals surface area (Å²) >= 11 is 0. The van der Waals surface area contributed by atoms with Gasteiger partial charge in [0.05, 0.1) is 22.4 Å². The zero-order chi connectivity index (χ0) is 21.8. The van der Waals surface area contributed by atoms with Crippen LogP contribution in [0.2, 0.25) is 0 Å². The Balaban J connectivity index is -0.000000411. The maximum Gasteiger partial charge on any atom is 2.00 e. The molecule has 0 saturated carbocycles. The molecule has 0 heterocycles. The third-order valence-corrected chi connectivity index (χ3v) is 4.63. The second kappa shape index (κ2) is 10.7. The summed E-state index contributed by atoms with van der Waals surface area (Å²) in [5.74, 6) is 0. The average Bonchev–Trinajstić information content (AvgIpc) is 1.97. The fourth-order valence-corrected chi connectivity index (χ4v) is 4.14. The van der Waals surface area contributed by atoms with E-state index in [-0.39, 0.29) is 17.1 Å². The maximum atomic E-state index is 11.2. The van der Waals surface area contributed by atoms with Crippen molar-refractivity contribution < 1.29 is 54.1 Å². The number of phosphoric acid groups is 2. The minimum absolute atomic E-state index is 0. The molecule has 0 aliphatic heterocycles. The van der Waals surface area contributed by atoms with Crippen molar-refractivity contribution in [1.82, 2.24) is 0 Å². The molecule has 0 amide bonds. The molecule has 0 aromatic heterocycles. The van der Waals surface area contributed by atoms with Gasteiger partial charge in [0.1, 0.15) is 0 Å². The van der Waals surface area contributed by atoms with Gasteiger partial charge in [-0.1, -0.05) is 0 Å². The zero-order valence-corrected chi connectivity index (χ0v) is 21.2. The quantitative estimate of drug-likeness (QED) is 0.433. The van der Waals surface area contributed by atoms with Crippen molar-refractivity contribution in [3.8, 4) is 0 Å². The van der Waals surface area contributed by atoms with Gasteiger partial charge in [-0.3, -0.25) is 9.13 Å². The van der Waals surface area contributed by atoms with Gasteiger partial charge in [-0.2, -0.15) is 0 Å². The van der Waals surface area contributed by atoms with Crippen LogP contribution in [0.3, 0.4) is 0 Å². The standard InChI is InChI=1S/2C8H19O4P.Cu/c2*1-7(2,3)11-13(9,10)12-8(4,5)6;/h2*1-6H3,(H,9,10);/q;;+2/p-2. The molecule has 0 spiro atoms. The topological polar surface area (TPSA) is 117 Å². The zero-order valence-electron chi connectivity index (χ0n) is 18.5. The molecule has 27 heavy (non-hydrogen) atoms. The summed E-state index contributed by atoms with van der Waals surface area (Å²) in [6.07, 6.45) is 0. The predicted octanol–water partition coefficient (Wildman–Crippen LogP) is 4.17. The second-order valence-electron chi connectivity index (χ2n) is 9.71. The van der Waals surface area contributed by atoms with Gasteiger partial charge in [0.2, 0.25) is 0 Å². The molecule has 0 atom stereocenters. The minimum Gasteiger partial charge on any atom is -0.756 e. The largest absolute Gasteiger partial charge is 2.00 e. The summed E-state index contributed by atoms with van der Waals surface area (Å²) in [7, 11) is -8.37. The van der Waals surface area contributed by atoms with Crippen LogP contribution in [0.25, 0.3) is 0 Å². The van der Waals surface area contributed by atoms with Crippen LogP contribution in [0.1, 0.15) is 83.1 Å². The van der Waals surface area contributed by atoms with E-state index >= 15 is 0 Å². The third-order valence-electron chi connectivity index (χ3n) is 1.54. The minimum atomic E-state index is -4.19. The first-order valence-electron chi connectivity index (χ1n) is 8.28. The molecule has 0 saturated heterocycles. The fraction of sp³-hybridized carbons (Fsp3) is 1.00. The Morgan fingerprint density at radius 1 is 0.481 bits per heavy atom. The van der Waals surface area contributed by atoms with E-state index in [2.05, 4.69) is 0 Å².